The van der Waals surface area contributed by atoms with Crippen LogP contribution in [-0.2, 0) is 11.3 Å². The topological polar surface area (TPSA) is 62.6 Å². The molecule has 0 N–H and O–H groups in total. The van der Waals surface area contributed by atoms with Gasteiger partial charge in [-0.3, -0.25) is 0 Å². The van der Waals surface area contributed by atoms with Crippen molar-refractivity contribution in [3.8, 4) is 11.8 Å². The number of carbonyl (C=O) groups is 1. The summed E-state index contributed by atoms with van der Waals surface area (Å²) in [7, 11) is 0. The molecular formula is C15H18N2O3. The van der Waals surface area contributed by atoms with Gasteiger partial charge in [-0.15, -0.1) is 0 Å². The van der Waals surface area contributed by atoms with E-state index >= 15 is 0 Å². The van der Waals surface area contributed by atoms with Crippen LogP contribution in [0.1, 0.15) is 31.9 Å². The Morgan fingerprint density at radius 2 is 2.20 bits per heavy atom. The lowest BCUT2D eigenvalue weighted by atomic mass is 10.1. The number of hydrogen-bond donors (Lipinski definition) is 0. The minimum Gasteiger partial charge on any atom is -0.490 e. The van der Waals surface area contributed by atoms with Crippen LogP contribution in [0.2, 0.25) is 0 Å². The van der Waals surface area contributed by atoms with Gasteiger partial charge in [-0.05, 0) is 26.8 Å². The quantitative estimate of drug-likeness (QED) is 0.729. The van der Waals surface area contributed by atoms with Gasteiger partial charge in [-0.1, -0.05) is 12.1 Å². The molecule has 5 heteroatoms. The molecule has 0 fully saturated rings. The fourth-order valence-electron chi connectivity index (χ4n) is 1.99. The van der Waals surface area contributed by atoms with Gasteiger partial charge in [-0.25, -0.2) is 4.79 Å². The summed E-state index contributed by atoms with van der Waals surface area (Å²) in [5.41, 5.74) is 0.794. The minimum absolute atomic E-state index is 0.352. The third-order valence-electron chi connectivity index (χ3n) is 2.84. The van der Waals surface area contributed by atoms with Gasteiger partial charge in [0.1, 0.15) is 24.0 Å². The maximum Gasteiger partial charge on any atom is 0.410 e. The van der Waals surface area contributed by atoms with Gasteiger partial charge in [0, 0.05) is 5.56 Å². The molecule has 0 radical (unpaired) electrons. The molecule has 1 aromatic carbocycles. The van der Waals surface area contributed by atoms with Crippen molar-refractivity contribution in [2.24, 2.45) is 0 Å². The molecule has 106 valence electrons. The van der Waals surface area contributed by atoms with E-state index in [1.807, 2.05) is 26.8 Å². The lowest BCUT2D eigenvalue weighted by Crippen LogP contribution is -2.37. The van der Waals surface area contributed by atoms with Crippen LogP contribution in [0.15, 0.2) is 18.2 Å². The molecule has 0 aliphatic carbocycles. The second-order valence-electron chi connectivity index (χ2n) is 5.66. The highest BCUT2D eigenvalue weighted by Gasteiger charge is 2.25. The third-order valence-corrected chi connectivity index (χ3v) is 2.84. The first kappa shape index (κ1) is 14.2. The highest BCUT2D eigenvalue weighted by Crippen LogP contribution is 2.27. The van der Waals surface area contributed by atoms with E-state index in [0.29, 0.717) is 31.0 Å². The van der Waals surface area contributed by atoms with Crippen LogP contribution in [0.5, 0.6) is 5.75 Å². The largest absolute Gasteiger partial charge is 0.490 e. The standard InChI is InChI=1S/C15H18N2O3/c1-15(2,3)20-14(18)17-7-8-19-13-11(9-16)5-4-6-12(13)10-17/h4-6H,7-8,10H2,1-3H3. The Balaban J connectivity index is 2.21. The second-order valence-corrected chi connectivity index (χ2v) is 5.66. The molecule has 1 heterocycles. The number of nitriles is 1. The van der Waals surface area contributed by atoms with Gasteiger partial charge in [0.2, 0.25) is 0 Å². The van der Waals surface area contributed by atoms with Crippen LogP contribution in [0.3, 0.4) is 0 Å². The van der Waals surface area contributed by atoms with Crippen molar-refractivity contribution in [1.29, 1.82) is 5.26 Å². The molecule has 1 amide bonds. The first-order valence-electron chi connectivity index (χ1n) is 6.53. The average Bonchev–Trinajstić information content (AvgIpc) is 2.58. The number of hydrogen-bond acceptors (Lipinski definition) is 4. The molecular weight excluding hydrogens is 256 g/mol. The molecule has 2 rings (SSSR count). The Morgan fingerprint density at radius 1 is 1.45 bits per heavy atom. The van der Waals surface area contributed by atoms with E-state index in [2.05, 4.69) is 6.07 Å². The summed E-state index contributed by atoms with van der Waals surface area (Å²) in [6.45, 7) is 6.68. The van der Waals surface area contributed by atoms with Crippen molar-refractivity contribution >= 4 is 6.09 Å². The minimum atomic E-state index is -0.526. The summed E-state index contributed by atoms with van der Waals surface area (Å²) >= 11 is 0. The predicted molar refractivity (Wildman–Crippen MR) is 73.3 cm³/mol. The van der Waals surface area contributed by atoms with E-state index in [1.54, 1.807) is 17.0 Å². The Bertz CT molecular complexity index is 555. The van der Waals surface area contributed by atoms with Crippen LogP contribution in [0.25, 0.3) is 0 Å². The number of benzene rings is 1. The summed E-state index contributed by atoms with van der Waals surface area (Å²) in [5, 5.41) is 9.08. The average molecular weight is 274 g/mol. The van der Waals surface area contributed by atoms with Crippen LogP contribution in [0.4, 0.5) is 4.79 Å². The van der Waals surface area contributed by atoms with E-state index in [0.717, 1.165) is 5.56 Å². The molecule has 0 spiro atoms. The van der Waals surface area contributed by atoms with Gasteiger partial charge >= 0.3 is 6.09 Å². The molecule has 0 aromatic heterocycles. The summed E-state index contributed by atoms with van der Waals surface area (Å²) < 4.78 is 11.0. The first-order chi connectivity index (χ1) is 9.40. The van der Waals surface area contributed by atoms with E-state index in [-0.39, 0.29) is 6.09 Å². The predicted octanol–water partition coefficient (Wildman–Crippen LogP) is 2.69. The summed E-state index contributed by atoms with van der Waals surface area (Å²) in [6, 6.07) is 7.47. The van der Waals surface area contributed by atoms with Crippen LogP contribution < -0.4 is 4.74 Å². The number of ether oxygens (including phenoxy) is 2. The van der Waals surface area contributed by atoms with Crippen molar-refractivity contribution in [1.82, 2.24) is 4.90 Å². The molecule has 1 aromatic rings. The Kier molecular flexibility index (Phi) is 3.84. The number of amides is 1. The Morgan fingerprint density at radius 3 is 2.85 bits per heavy atom. The number of para-hydroxylation sites is 1. The van der Waals surface area contributed by atoms with Crippen molar-refractivity contribution in [3.63, 3.8) is 0 Å². The van der Waals surface area contributed by atoms with E-state index in [1.165, 1.54) is 0 Å². The van der Waals surface area contributed by atoms with Gasteiger partial charge in [0.25, 0.3) is 0 Å². The van der Waals surface area contributed by atoms with Gasteiger partial charge in [-0.2, -0.15) is 5.26 Å². The molecule has 0 atom stereocenters. The molecule has 0 saturated heterocycles. The fourth-order valence-corrected chi connectivity index (χ4v) is 1.99. The SMILES string of the molecule is CC(C)(C)OC(=O)N1CCOc2c(C#N)cccc2C1. The van der Waals surface area contributed by atoms with Crippen LogP contribution in [-0.4, -0.2) is 29.7 Å². The molecule has 20 heavy (non-hydrogen) atoms. The van der Waals surface area contributed by atoms with E-state index < -0.39 is 5.60 Å². The van der Waals surface area contributed by atoms with E-state index in [9.17, 15) is 4.79 Å². The maximum absolute atomic E-state index is 12.1. The van der Waals surface area contributed by atoms with Gasteiger partial charge < -0.3 is 14.4 Å². The normalized spacial score (nSPS) is 14.6. The van der Waals surface area contributed by atoms with Crippen LogP contribution in [0, 0.1) is 11.3 Å². The van der Waals surface area contributed by atoms with Crippen molar-refractivity contribution in [2.75, 3.05) is 13.2 Å². The van der Waals surface area contributed by atoms with Crippen LogP contribution >= 0.6 is 0 Å². The molecule has 1 aliphatic rings. The number of nitrogens with zero attached hydrogens (tertiary/aromatic N) is 2. The molecule has 0 saturated carbocycles. The second kappa shape index (κ2) is 5.41. The summed E-state index contributed by atoms with van der Waals surface area (Å²) in [4.78, 5) is 13.7. The third kappa shape index (κ3) is 3.21. The van der Waals surface area contributed by atoms with Crippen molar-refractivity contribution in [3.05, 3.63) is 29.3 Å². The fraction of sp³-hybridized carbons (Fsp3) is 0.467. The number of carbonyl (C=O) groups excluding carboxylic acids is 1. The molecule has 0 bridgehead atoms. The van der Waals surface area contributed by atoms with Crippen molar-refractivity contribution in [2.45, 2.75) is 32.9 Å². The Hall–Kier alpha value is -2.22. The van der Waals surface area contributed by atoms with Gasteiger partial charge in [0.05, 0.1) is 18.7 Å². The lowest BCUT2D eigenvalue weighted by Gasteiger charge is -2.26. The van der Waals surface area contributed by atoms with Crippen molar-refractivity contribution < 1.29 is 14.3 Å². The van der Waals surface area contributed by atoms with E-state index in [4.69, 9.17) is 14.7 Å². The monoisotopic (exact) mass is 274 g/mol. The Labute approximate surface area is 118 Å². The maximum atomic E-state index is 12.1. The smallest absolute Gasteiger partial charge is 0.410 e. The van der Waals surface area contributed by atoms with Gasteiger partial charge in [0.15, 0.2) is 0 Å². The lowest BCUT2D eigenvalue weighted by molar-refractivity contribution is 0.0225. The summed E-state index contributed by atoms with van der Waals surface area (Å²) in [5.74, 6) is 0.570. The molecule has 5 nitrogen and oxygen atoms in total. The number of fused-ring (bicyclic) bond motifs is 1. The highest BCUT2D eigenvalue weighted by molar-refractivity contribution is 5.68. The molecule has 1 aliphatic heterocycles. The first-order valence-corrected chi connectivity index (χ1v) is 6.53. The molecule has 0 unspecified atom stereocenters. The summed E-state index contributed by atoms with van der Waals surface area (Å²) in [6.07, 6.45) is -0.365. The highest BCUT2D eigenvalue weighted by atomic mass is 16.6. The zero-order valence-electron chi connectivity index (χ0n) is 12.0. The number of rotatable bonds is 0. The zero-order chi connectivity index (χ0) is 14.8. The zero-order valence-corrected chi connectivity index (χ0v) is 12.0.